The summed E-state index contributed by atoms with van der Waals surface area (Å²) in [5, 5.41) is 0. The third-order valence-electron chi connectivity index (χ3n) is 6.28. The monoisotopic (exact) mass is 379 g/mol. The lowest BCUT2D eigenvalue weighted by Crippen LogP contribution is -2.49. The van der Waals surface area contributed by atoms with Crippen LogP contribution >= 0.6 is 0 Å². The van der Waals surface area contributed by atoms with E-state index in [0.717, 1.165) is 32.2 Å². The van der Waals surface area contributed by atoms with Crippen LogP contribution < -0.4 is 0 Å². The summed E-state index contributed by atoms with van der Waals surface area (Å²) in [5.41, 5.74) is -0.432. The molecule has 3 rings (SSSR count). The first kappa shape index (κ1) is 20.0. The van der Waals surface area contributed by atoms with Crippen LogP contribution in [0, 0.1) is 0 Å². The zero-order chi connectivity index (χ0) is 19.4. The molecular weight excluding hydrogens is 346 g/mol. The molecule has 152 valence electrons. The lowest BCUT2D eigenvalue weighted by molar-refractivity contribution is -0.137. The fourth-order valence-electron chi connectivity index (χ4n) is 4.47. The smallest absolute Gasteiger partial charge is 0.410 e. The maximum atomic E-state index is 12.5. The van der Waals surface area contributed by atoms with Gasteiger partial charge in [-0.2, -0.15) is 0 Å². The van der Waals surface area contributed by atoms with Crippen molar-refractivity contribution >= 4 is 17.9 Å². The lowest BCUT2D eigenvalue weighted by Gasteiger charge is -2.38. The topological polar surface area (TPSA) is 70.2 Å². The van der Waals surface area contributed by atoms with Gasteiger partial charge in [0.15, 0.2) is 0 Å². The molecule has 0 bridgehead atoms. The number of carbonyl (C=O) groups is 3. The predicted molar refractivity (Wildman–Crippen MR) is 101 cm³/mol. The van der Waals surface area contributed by atoms with Gasteiger partial charge in [-0.05, 0) is 26.2 Å². The third kappa shape index (κ3) is 4.55. The highest BCUT2D eigenvalue weighted by atomic mass is 16.6. The van der Waals surface area contributed by atoms with Crippen molar-refractivity contribution in [2.75, 3.05) is 32.7 Å². The summed E-state index contributed by atoms with van der Waals surface area (Å²) in [6, 6.07) is 0.198. The minimum Gasteiger partial charge on any atom is -0.441 e. The Labute approximate surface area is 162 Å². The minimum atomic E-state index is -0.432. The van der Waals surface area contributed by atoms with E-state index in [-0.39, 0.29) is 23.9 Å². The van der Waals surface area contributed by atoms with Crippen LogP contribution in [-0.2, 0) is 14.3 Å². The maximum Gasteiger partial charge on any atom is 0.410 e. The number of hydrogen-bond donors (Lipinski definition) is 0. The SMILES string of the molecule is CCCC(C)N1CC2(CCN(C(=O)CCN3CCCCC3=O)CC2)OC1=O. The van der Waals surface area contributed by atoms with E-state index in [1.54, 1.807) is 0 Å². The van der Waals surface area contributed by atoms with Gasteiger partial charge in [0, 0.05) is 57.9 Å². The van der Waals surface area contributed by atoms with Crippen LogP contribution in [0.1, 0.15) is 65.2 Å². The number of nitrogens with zero attached hydrogens (tertiary/aromatic N) is 3. The van der Waals surface area contributed by atoms with Crippen LogP contribution in [0.3, 0.4) is 0 Å². The molecule has 3 fully saturated rings. The molecule has 0 aromatic heterocycles. The minimum absolute atomic E-state index is 0.101. The Bertz CT molecular complexity index is 572. The summed E-state index contributed by atoms with van der Waals surface area (Å²) in [7, 11) is 0. The molecule has 27 heavy (non-hydrogen) atoms. The molecule has 3 saturated heterocycles. The van der Waals surface area contributed by atoms with Crippen molar-refractivity contribution in [3.63, 3.8) is 0 Å². The number of amides is 3. The highest BCUT2D eigenvalue weighted by Gasteiger charge is 2.48. The van der Waals surface area contributed by atoms with Crippen molar-refractivity contribution in [1.29, 1.82) is 0 Å². The molecule has 3 amide bonds. The normalized spacial score (nSPS) is 23.7. The summed E-state index contributed by atoms with van der Waals surface area (Å²) in [6.45, 7) is 7.37. The van der Waals surface area contributed by atoms with Gasteiger partial charge in [-0.15, -0.1) is 0 Å². The van der Waals surface area contributed by atoms with Crippen LogP contribution in [-0.4, -0.2) is 77.0 Å². The highest BCUT2D eigenvalue weighted by Crippen LogP contribution is 2.34. The largest absolute Gasteiger partial charge is 0.441 e. The fourth-order valence-corrected chi connectivity index (χ4v) is 4.47. The molecule has 0 radical (unpaired) electrons. The first-order valence-electron chi connectivity index (χ1n) is 10.5. The van der Waals surface area contributed by atoms with E-state index in [2.05, 4.69) is 13.8 Å². The summed E-state index contributed by atoms with van der Waals surface area (Å²) in [4.78, 5) is 42.2. The van der Waals surface area contributed by atoms with Crippen LogP contribution in [0.2, 0.25) is 0 Å². The van der Waals surface area contributed by atoms with Crippen molar-refractivity contribution in [3.05, 3.63) is 0 Å². The number of ether oxygens (including phenoxy) is 1. The van der Waals surface area contributed by atoms with Crippen LogP contribution in [0.15, 0.2) is 0 Å². The van der Waals surface area contributed by atoms with Gasteiger partial charge in [0.25, 0.3) is 0 Å². The van der Waals surface area contributed by atoms with Crippen LogP contribution in [0.25, 0.3) is 0 Å². The van der Waals surface area contributed by atoms with Crippen molar-refractivity contribution < 1.29 is 19.1 Å². The second-order valence-electron chi connectivity index (χ2n) is 8.29. The van der Waals surface area contributed by atoms with Gasteiger partial charge in [0.2, 0.25) is 11.8 Å². The summed E-state index contributed by atoms with van der Waals surface area (Å²) in [5.74, 6) is 0.273. The molecule has 0 aliphatic carbocycles. The van der Waals surface area contributed by atoms with Gasteiger partial charge in [-0.3, -0.25) is 9.59 Å². The molecule has 1 atom stereocenters. The molecular formula is C20H33N3O4. The van der Waals surface area contributed by atoms with E-state index in [0.29, 0.717) is 51.9 Å². The summed E-state index contributed by atoms with van der Waals surface area (Å²) >= 11 is 0. The Morgan fingerprint density at radius 2 is 1.93 bits per heavy atom. The molecule has 0 aromatic rings. The highest BCUT2D eigenvalue weighted by molar-refractivity contribution is 5.79. The van der Waals surface area contributed by atoms with Gasteiger partial charge >= 0.3 is 6.09 Å². The molecule has 7 heteroatoms. The molecule has 3 aliphatic heterocycles. The predicted octanol–water partition coefficient (Wildman–Crippen LogP) is 2.39. The molecule has 1 spiro atoms. The zero-order valence-electron chi connectivity index (χ0n) is 16.7. The summed E-state index contributed by atoms with van der Waals surface area (Å²) < 4.78 is 5.76. The molecule has 7 nitrogen and oxygen atoms in total. The van der Waals surface area contributed by atoms with Gasteiger partial charge in [-0.1, -0.05) is 13.3 Å². The van der Waals surface area contributed by atoms with Crippen molar-refractivity contribution in [1.82, 2.24) is 14.7 Å². The maximum absolute atomic E-state index is 12.5. The van der Waals surface area contributed by atoms with Crippen molar-refractivity contribution in [2.45, 2.75) is 76.9 Å². The third-order valence-corrected chi connectivity index (χ3v) is 6.28. The standard InChI is InChI=1S/C20H33N3O4/c1-3-6-16(2)23-15-20(27-19(23)26)9-13-22(14-10-20)18(25)8-12-21-11-5-4-7-17(21)24/h16H,3-15H2,1-2H3. The number of hydrogen-bond acceptors (Lipinski definition) is 4. The number of rotatable bonds is 6. The first-order valence-corrected chi connectivity index (χ1v) is 10.5. The molecule has 0 aromatic carbocycles. The molecule has 1 unspecified atom stereocenters. The Morgan fingerprint density at radius 3 is 2.59 bits per heavy atom. The zero-order valence-corrected chi connectivity index (χ0v) is 16.7. The summed E-state index contributed by atoms with van der Waals surface area (Å²) in [6.07, 6.45) is 6.20. The molecule has 3 heterocycles. The van der Waals surface area contributed by atoms with Crippen LogP contribution in [0.4, 0.5) is 4.79 Å². The fraction of sp³-hybridized carbons (Fsp3) is 0.850. The molecule has 3 aliphatic rings. The van der Waals surface area contributed by atoms with E-state index in [1.165, 1.54) is 0 Å². The average molecular weight is 380 g/mol. The molecule has 0 saturated carbocycles. The van der Waals surface area contributed by atoms with Gasteiger partial charge in [-0.25, -0.2) is 4.79 Å². The van der Waals surface area contributed by atoms with E-state index in [4.69, 9.17) is 4.74 Å². The number of likely N-dealkylation sites (tertiary alicyclic amines) is 2. The Balaban J connectivity index is 1.46. The number of carbonyl (C=O) groups excluding carboxylic acids is 3. The average Bonchev–Trinajstić information content (AvgIpc) is 2.97. The van der Waals surface area contributed by atoms with Crippen molar-refractivity contribution in [2.24, 2.45) is 0 Å². The Morgan fingerprint density at radius 1 is 1.19 bits per heavy atom. The van der Waals surface area contributed by atoms with E-state index >= 15 is 0 Å². The van der Waals surface area contributed by atoms with Crippen LogP contribution in [0.5, 0.6) is 0 Å². The quantitative estimate of drug-likeness (QED) is 0.710. The first-order chi connectivity index (χ1) is 12.9. The lowest BCUT2D eigenvalue weighted by atomic mass is 9.90. The van der Waals surface area contributed by atoms with E-state index in [9.17, 15) is 14.4 Å². The Kier molecular flexibility index (Phi) is 6.27. The van der Waals surface area contributed by atoms with E-state index in [1.807, 2.05) is 14.7 Å². The van der Waals surface area contributed by atoms with Gasteiger partial charge < -0.3 is 19.4 Å². The van der Waals surface area contributed by atoms with Gasteiger partial charge in [0.1, 0.15) is 5.60 Å². The van der Waals surface area contributed by atoms with Crippen molar-refractivity contribution in [3.8, 4) is 0 Å². The van der Waals surface area contributed by atoms with E-state index < -0.39 is 5.60 Å². The molecule has 0 N–H and O–H groups in total. The van der Waals surface area contributed by atoms with Gasteiger partial charge in [0.05, 0.1) is 6.54 Å². The number of piperidine rings is 2. The Hall–Kier alpha value is -1.79. The second kappa shape index (κ2) is 8.48. The second-order valence-corrected chi connectivity index (χ2v) is 8.29.